The fraction of sp³-hybridized carbons (Fsp3) is 0.429. The number of benzene rings is 1. The maximum Gasteiger partial charge on any atom is 0.146 e. The summed E-state index contributed by atoms with van der Waals surface area (Å²) in [6.45, 7) is 4.17. The number of nitrogen functional groups attached to an aromatic ring is 1. The molecule has 0 atom stereocenters. The summed E-state index contributed by atoms with van der Waals surface area (Å²) >= 11 is 1.80. The highest BCUT2D eigenvalue weighted by Gasteiger charge is 2.20. The topological polar surface area (TPSA) is 64.3 Å². The van der Waals surface area contributed by atoms with Gasteiger partial charge in [-0.3, -0.25) is 4.90 Å². The van der Waals surface area contributed by atoms with Crippen LogP contribution < -0.4 is 10.5 Å². The van der Waals surface area contributed by atoms with Gasteiger partial charge in [0.05, 0.1) is 11.9 Å². The molecule has 0 saturated carbocycles. The molecule has 2 heterocycles. The summed E-state index contributed by atoms with van der Waals surface area (Å²) in [5.74, 6) is 2.33. The van der Waals surface area contributed by atoms with Gasteiger partial charge in [0.2, 0.25) is 0 Å². The SMILES string of the molecule is Cc1ccc(OCCN(C)Cc2nc(N)c3c4c(sc3n2)CCCC4)cc1. The van der Waals surface area contributed by atoms with E-state index >= 15 is 0 Å². The summed E-state index contributed by atoms with van der Waals surface area (Å²) in [4.78, 5) is 14.1. The van der Waals surface area contributed by atoms with Crippen molar-refractivity contribution in [3.63, 3.8) is 0 Å². The average molecular weight is 383 g/mol. The number of rotatable bonds is 6. The van der Waals surface area contributed by atoms with E-state index in [1.807, 2.05) is 12.1 Å². The van der Waals surface area contributed by atoms with Gasteiger partial charge in [0.25, 0.3) is 0 Å². The zero-order chi connectivity index (χ0) is 18.8. The number of hydrogen-bond donors (Lipinski definition) is 1. The number of nitrogens with two attached hydrogens (primary N) is 1. The summed E-state index contributed by atoms with van der Waals surface area (Å²) < 4.78 is 5.81. The van der Waals surface area contributed by atoms with E-state index in [2.05, 4.69) is 36.0 Å². The average Bonchev–Trinajstić information content (AvgIpc) is 3.02. The number of aryl methyl sites for hydroxylation is 3. The zero-order valence-corrected chi connectivity index (χ0v) is 16.8. The van der Waals surface area contributed by atoms with E-state index in [9.17, 15) is 0 Å². The highest BCUT2D eigenvalue weighted by atomic mass is 32.1. The molecule has 2 N–H and O–H groups in total. The van der Waals surface area contributed by atoms with Crippen molar-refractivity contribution in [1.82, 2.24) is 14.9 Å². The van der Waals surface area contributed by atoms with Crippen LogP contribution in [0.4, 0.5) is 5.82 Å². The van der Waals surface area contributed by atoms with E-state index in [1.54, 1.807) is 11.3 Å². The lowest BCUT2D eigenvalue weighted by molar-refractivity contribution is 0.230. The lowest BCUT2D eigenvalue weighted by atomic mass is 9.97. The number of likely N-dealkylation sites (N-methyl/N-ethyl adjacent to an activating group) is 1. The molecule has 0 radical (unpaired) electrons. The molecule has 142 valence electrons. The third-order valence-electron chi connectivity index (χ3n) is 5.06. The van der Waals surface area contributed by atoms with Gasteiger partial charge in [0.1, 0.15) is 28.8 Å². The smallest absolute Gasteiger partial charge is 0.146 e. The van der Waals surface area contributed by atoms with E-state index in [1.165, 1.54) is 28.8 Å². The van der Waals surface area contributed by atoms with Gasteiger partial charge in [-0.25, -0.2) is 9.97 Å². The normalized spacial score (nSPS) is 13.9. The molecule has 1 aromatic carbocycles. The van der Waals surface area contributed by atoms with Crippen molar-refractivity contribution in [2.45, 2.75) is 39.2 Å². The molecule has 0 unspecified atom stereocenters. The second-order valence-corrected chi connectivity index (χ2v) is 8.40. The van der Waals surface area contributed by atoms with Crippen molar-refractivity contribution in [3.05, 3.63) is 46.1 Å². The van der Waals surface area contributed by atoms with Gasteiger partial charge in [-0.1, -0.05) is 17.7 Å². The minimum atomic E-state index is 0.630. The molecular weight excluding hydrogens is 356 g/mol. The van der Waals surface area contributed by atoms with Crippen LogP contribution in [0.5, 0.6) is 5.75 Å². The first-order valence-electron chi connectivity index (χ1n) is 9.55. The Morgan fingerprint density at radius 3 is 2.74 bits per heavy atom. The van der Waals surface area contributed by atoms with Crippen molar-refractivity contribution >= 4 is 27.4 Å². The van der Waals surface area contributed by atoms with Crippen LogP contribution in [0.2, 0.25) is 0 Å². The first-order chi connectivity index (χ1) is 13.1. The highest BCUT2D eigenvalue weighted by Crippen LogP contribution is 2.37. The van der Waals surface area contributed by atoms with E-state index in [0.717, 1.165) is 41.2 Å². The molecule has 27 heavy (non-hydrogen) atoms. The first-order valence-corrected chi connectivity index (χ1v) is 10.4. The van der Waals surface area contributed by atoms with E-state index in [0.29, 0.717) is 19.0 Å². The quantitative estimate of drug-likeness (QED) is 0.699. The number of fused-ring (bicyclic) bond motifs is 3. The molecule has 0 bridgehead atoms. The Kier molecular flexibility index (Phi) is 5.27. The summed E-state index contributed by atoms with van der Waals surface area (Å²) in [5, 5.41) is 1.10. The molecular formula is C21H26N4OS. The van der Waals surface area contributed by atoms with Gasteiger partial charge < -0.3 is 10.5 Å². The molecule has 0 amide bonds. The third-order valence-corrected chi connectivity index (χ3v) is 6.25. The molecule has 0 spiro atoms. The van der Waals surface area contributed by atoms with Gasteiger partial charge in [-0.05, 0) is 57.4 Å². The minimum Gasteiger partial charge on any atom is -0.492 e. The Balaban J connectivity index is 1.39. The van der Waals surface area contributed by atoms with E-state index in [-0.39, 0.29) is 0 Å². The molecule has 4 rings (SSSR count). The Morgan fingerprint density at radius 1 is 1.15 bits per heavy atom. The zero-order valence-electron chi connectivity index (χ0n) is 16.0. The van der Waals surface area contributed by atoms with E-state index in [4.69, 9.17) is 15.5 Å². The van der Waals surface area contributed by atoms with Crippen LogP contribution in [0.25, 0.3) is 10.2 Å². The number of nitrogens with zero attached hydrogens (tertiary/aromatic N) is 3. The Hall–Kier alpha value is -2.18. The van der Waals surface area contributed by atoms with Gasteiger partial charge in [0.15, 0.2) is 0 Å². The molecule has 2 aromatic heterocycles. The van der Waals surface area contributed by atoms with Gasteiger partial charge in [0, 0.05) is 11.4 Å². The van der Waals surface area contributed by atoms with Crippen LogP contribution in [0.1, 0.15) is 34.7 Å². The summed E-state index contributed by atoms with van der Waals surface area (Å²) in [6.07, 6.45) is 4.77. The Bertz CT molecular complexity index is 935. The summed E-state index contributed by atoms with van der Waals surface area (Å²) in [6, 6.07) is 8.13. The predicted octanol–water partition coefficient (Wildman–Crippen LogP) is 3.97. The molecule has 0 fully saturated rings. The van der Waals surface area contributed by atoms with Gasteiger partial charge in [-0.2, -0.15) is 0 Å². The number of aromatic nitrogens is 2. The largest absolute Gasteiger partial charge is 0.492 e. The third kappa shape index (κ3) is 4.06. The van der Waals surface area contributed by atoms with Crippen molar-refractivity contribution < 1.29 is 4.74 Å². The second kappa shape index (κ2) is 7.82. The van der Waals surface area contributed by atoms with E-state index < -0.39 is 0 Å². The number of hydrogen-bond acceptors (Lipinski definition) is 6. The van der Waals surface area contributed by atoms with Gasteiger partial charge >= 0.3 is 0 Å². The Labute approximate surface area is 164 Å². The van der Waals surface area contributed by atoms with Crippen molar-refractivity contribution in [1.29, 1.82) is 0 Å². The fourth-order valence-electron chi connectivity index (χ4n) is 3.58. The van der Waals surface area contributed by atoms with Crippen LogP contribution in [-0.4, -0.2) is 35.1 Å². The monoisotopic (exact) mass is 382 g/mol. The summed E-state index contributed by atoms with van der Waals surface area (Å²) in [7, 11) is 2.06. The van der Waals surface area contributed by atoms with Crippen LogP contribution in [-0.2, 0) is 19.4 Å². The van der Waals surface area contributed by atoms with Crippen molar-refractivity contribution in [2.24, 2.45) is 0 Å². The first kappa shape index (κ1) is 18.2. The highest BCUT2D eigenvalue weighted by molar-refractivity contribution is 7.19. The number of thiophene rings is 1. The lowest BCUT2D eigenvalue weighted by Gasteiger charge is -2.16. The number of anilines is 1. The minimum absolute atomic E-state index is 0.630. The lowest BCUT2D eigenvalue weighted by Crippen LogP contribution is -2.25. The van der Waals surface area contributed by atoms with Crippen LogP contribution >= 0.6 is 11.3 Å². The number of ether oxygens (including phenoxy) is 1. The summed E-state index contributed by atoms with van der Waals surface area (Å²) in [5.41, 5.74) is 8.93. The molecule has 3 aromatic rings. The standard InChI is InChI=1S/C21H26N4OS/c1-14-7-9-15(10-8-14)26-12-11-25(2)13-18-23-20(22)19-16-5-3-4-6-17(16)27-21(19)24-18/h7-10H,3-6,11-13H2,1-2H3,(H2,22,23,24). The van der Waals surface area contributed by atoms with Crippen molar-refractivity contribution in [3.8, 4) is 5.75 Å². The fourth-order valence-corrected chi connectivity index (χ4v) is 4.86. The second-order valence-electron chi connectivity index (χ2n) is 7.32. The molecule has 0 saturated heterocycles. The maximum absolute atomic E-state index is 6.30. The van der Waals surface area contributed by atoms with Crippen molar-refractivity contribution in [2.75, 3.05) is 25.9 Å². The Morgan fingerprint density at radius 2 is 1.93 bits per heavy atom. The molecule has 1 aliphatic carbocycles. The molecule has 5 nitrogen and oxygen atoms in total. The van der Waals surface area contributed by atoms with Crippen LogP contribution in [0.15, 0.2) is 24.3 Å². The van der Waals surface area contributed by atoms with Crippen LogP contribution in [0.3, 0.4) is 0 Å². The predicted molar refractivity (Wildman–Crippen MR) is 111 cm³/mol. The van der Waals surface area contributed by atoms with Crippen LogP contribution in [0, 0.1) is 6.92 Å². The molecule has 1 aliphatic rings. The maximum atomic E-state index is 6.30. The van der Waals surface area contributed by atoms with Gasteiger partial charge in [-0.15, -0.1) is 11.3 Å². The molecule has 0 aliphatic heterocycles. The molecule has 6 heteroatoms.